The first-order chi connectivity index (χ1) is 8.71. The molecule has 5 nitrogen and oxygen atoms in total. The van der Waals surface area contributed by atoms with Gasteiger partial charge < -0.3 is 9.84 Å². The van der Waals surface area contributed by atoms with Crippen LogP contribution in [0.15, 0.2) is 23.4 Å². The molecule has 0 fully saturated rings. The van der Waals surface area contributed by atoms with Crippen molar-refractivity contribution in [1.82, 2.24) is 4.98 Å². The molecule has 0 aliphatic carbocycles. The van der Waals surface area contributed by atoms with Crippen molar-refractivity contribution in [1.29, 1.82) is 0 Å². The number of halogens is 3. The fraction of sp³-hybridized carbons (Fsp3) is 0.500. The van der Waals surface area contributed by atoms with Gasteiger partial charge in [-0.2, -0.15) is 13.2 Å². The van der Waals surface area contributed by atoms with E-state index in [1.165, 1.54) is 12.3 Å². The average Bonchev–Trinajstić information content (AvgIpc) is 2.51. The average molecular weight is 297 g/mol. The van der Waals surface area contributed by atoms with Gasteiger partial charge in [0.05, 0.1) is 4.90 Å². The first-order valence-corrected chi connectivity index (χ1v) is 6.71. The molecule has 2 rings (SSSR count). The summed E-state index contributed by atoms with van der Waals surface area (Å²) in [5.74, 6) is 0. The van der Waals surface area contributed by atoms with Crippen LogP contribution < -0.4 is 0 Å². The minimum absolute atomic E-state index is 0.0914. The van der Waals surface area contributed by atoms with E-state index < -0.39 is 33.5 Å². The second-order valence-electron chi connectivity index (χ2n) is 4.07. The third-order valence-electron chi connectivity index (χ3n) is 2.99. The Morgan fingerprint density at radius 2 is 2.11 bits per heavy atom. The summed E-state index contributed by atoms with van der Waals surface area (Å²) < 4.78 is 66.8. The number of hydrogen-bond donors (Lipinski definition) is 1. The maximum Gasteiger partial charge on any atom is 0.416 e. The lowest BCUT2D eigenvalue weighted by Crippen LogP contribution is -2.46. The van der Waals surface area contributed by atoms with Crippen LogP contribution in [0.5, 0.6) is 0 Å². The first kappa shape index (κ1) is 14.2. The number of sulfone groups is 1. The monoisotopic (exact) mass is 297 g/mol. The Kier molecular flexibility index (Phi) is 3.31. The van der Waals surface area contributed by atoms with E-state index in [0.717, 1.165) is 13.3 Å². The van der Waals surface area contributed by atoms with Crippen molar-refractivity contribution in [3.8, 4) is 0 Å². The number of hydrogen-bond acceptors (Lipinski definition) is 5. The standard InChI is InChI=1S/C10H10F3NO4S/c1-18-9(10(11,12)13)8-7(15)5-2-3-14-4-6(5)19(8,16)17/h2-4,7-9,15H,1H3. The van der Waals surface area contributed by atoms with Crippen LogP contribution in [0.3, 0.4) is 0 Å². The third-order valence-corrected chi connectivity index (χ3v) is 5.16. The molecular formula is C10H10F3NO4S. The van der Waals surface area contributed by atoms with Crippen LogP contribution in [0.4, 0.5) is 13.2 Å². The van der Waals surface area contributed by atoms with E-state index in [1.54, 1.807) is 0 Å². The molecule has 0 aromatic carbocycles. The van der Waals surface area contributed by atoms with Crippen molar-refractivity contribution in [3.63, 3.8) is 0 Å². The molecule has 9 heteroatoms. The number of ether oxygens (including phenoxy) is 1. The maximum atomic E-state index is 12.8. The van der Waals surface area contributed by atoms with Crippen molar-refractivity contribution in [3.05, 3.63) is 24.0 Å². The number of aliphatic hydroxyl groups excluding tert-OH is 1. The molecule has 3 unspecified atom stereocenters. The molecule has 3 atom stereocenters. The molecule has 0 bridgehead atoms. The van der Waals surface area contributed by atoms with E-state index in [0.29, 0.717) is 0 Å². The second kappa shape index (κ2) is 4.43. The summed E-state index contributed by atoms with van der Waals surface area (Å²) in [5, 5.41) is 7.74. The summed E-state index contributed by atoms with van der Waals surface area (Å²) in [6.45, 7) is 0. The van der Waals surface area contributed by atoms with Gasteiger partial charge in [-0.05, 0) is 6.07 Å². The molecule has 0 radical (unpaired) electrons. The van der Waals surface area contributed by atoms with Gasteiger partial charge in [-0.15, -0.1) is 0 Å². The Balaban J connectivity index is 2.57. The van der Waals surface area contributed by atoms with E-state index >= 15 is 0 Å². The molecule has 0 spiro atoms. The fourth-order valence-electron chi connectivity index (χ4n) is 2.15. The highest BCUT2D eigenvalue weighted by Gasteiger charge is 2.57. The fourth-order valence-corrected chi connectivity index (χ4v) is 4.24. The molecule has 1 aromatic rings. The van der Waals surface area contributed by atoms with Gasteiger partial charge in [0.25, 0.3) is 0 Å². The number of methoxy groups -OCH3 is 1. The largest absolute Gasteiger partial charge is 0.416 e. The highest BCUT2D eigenvalue weighted by molar-refractivity contribution is 7.92. The number of pyridine rings is 1. The van der Waals surface area contributed by atoms with Gasteiger partial charge in [0.15, 0.2) is 15.9 Å². The molecule has 19 heavy (non-hydrogen) atoms. The summed E-state index contributed by atoms with van der Waals surface area (Å²) >= 11 is 0. The molecule has 106 valence electrons. The van der Waals surface area contributed by atoms with Gasteiger partial charge in [-0.25, -0.2) is 8.42 Å². The Morgan fingerprint density at radius 1 is 1.47 bits per heavy atom. The smallest absolute Gasteiger partial charge is 0.387 e. The zero-order valence-corrected chi connectivity index (χ0v) is 10.4. The van der Waals surface area contributed by atoms with Crippen molar-refractivity contribution in [2.75, 3.05) is 7.11 Å². The summed E-state index contributed by atoms with van der Waals surface area (Å²) in [5.41, 5.74) is -0.0914. The van der Waals surface area contributed by atoms with E-state index in [4.69, 9.17) is 0 Å². The van der Waals surface area contributed by atoms with Crippen LogP contribution in [0.1, 0.15) is 11.7 Å². The van der Waals surface area contributed by atoms with E-state index in [1.807, 2.05) is 0 Å². The number of nitrogens with zero attached hydrogens (tertiary/aromatic N) is 1. The number of rotatable bonds is 2. The summed E-state index contributed by atoms with van der Waals surface area (Å²) in [7, 11) is -3.60. The second-order valence-corrected chi connectivity index (χ2v) is 6.14. The number of aromatic nitrogens is 1. The van der Waals surface area contributed by atoms with Gasteiger partial charge in [0.2, 0.25) is 0 Å². The minimum atomic E-state index is -4.90. The molecule has 1 aliphatic heterocycles. The third kappa shape index (κ3) is 2.11. The van der Waals surface area contributed by atoms with Gasteiger partial charge in [-0.3, -0.25) is 4.98 Å². The molecule has 1 aliphatic rings. The highest BCUT2D eigenvalue weighted by Crippen LogP contribution is 2.44. The van der Waals surface area contributed by atoms with Crippen LogP contribution in [-0.4, -0.2) is 43.1 Å². The predicted octanol–water partition coefficient (Wildman–Crippen LogP) is 0.848. The number of fused-ring (bicyclic) bond motifs is 1. The Hall–Kier alpha value is -1.19. The lowest BCUT2D eigenvalue weighted by Gasteiger charge is -2.26. The SMILES string of the molecule is COC(C1C(O)c2ccncc2S1(=O)=O)C(F)(F)F. The van der Waals surface area contributed by atoms with E-state index in [9.17, 15) is 26.7 Å². The molecule has 2 heterocycles. The van der Waals surface area contributed by atoms with Gasteiger partial charge in [0, 0.05) is 25.1 Å². The number of aliphatic hydroxyl groups is 1. The van der Waals surface area contributed by atoms with Gasteiger partial charge in [0.1, 0.15) is 11.4 Å². The highest BCUT2D eigenvalue weighted by atomic mass is 32.2. The Morgan fingerprint density at radius 3 is 2.58 bits per heavy atom. The number of alkyl halides is 3. The Bertz CT molecular complexity index is 587. The zero-order chi connectivity index (χ0) is 14.4. The Labute approximate surface area is 106 Å². The maximum absolute atomic E-state index is 12.8. The summed E-state index contributed by atoms with van der Waals surface area (Å²) in [4.78, 5) is 3.17. The van der Waals surface area contributed by atoms with Crippen molar-refractivity contribution < 1.29 is 31.4 Å². The van der Waals surface area contributed by atoms with Crippen molar-refractivity contribution >= 4 is 9.84 Å². The van der Waals surface area contributed by atoms with Crippen LogP contribution in [0.25, 0.3) is 0 Å². The predicted molar refractivity (Wildman–Crippen MR) is 57.0 cm³/mol. The summed E-state index contributed by atoms with van der Waals surface area (Å²) in [6, 6.07) is 1.18. The molecule has 0 amide bonds. The van der Waals surface area contributed by atoms with Crippen LogP contribution in [0, 0.1) is 0 Å². The van der Waals surface area contributed by atoms with Crippen LogP contribution in [0.2, 0.25) is 0 Å². The molecular weight excluding hydrogens is 287 g/mol. The molecule has 0 saturated carbocycles. The first-order valence-electron chi connectivity index (χ1n) is 5.16. The van der Waals surface area contributed by atoms with Gasteiger partial charge in [-0.1, -0.05) is 0 Å². The van der Waals surface area contributed by atoms with Crippen LogP contribution in [-0.2, 0) is 14.6 Å². The molecule has 1 aromatic heterocycles. The van der Waals surface area contributed by atoms with Gasteiger partial charge >= 0.3 is 6.18 Å². The zero-order valence-electron chi connectivity index (χ0n) is 9.63. The lowest BCUT2D eigenvalue weighted by atomic mass is 10.0. The van der Waals surface area contributed by atoms with Crippen molar-refractivity contribution in [2.45, 2.75) is 28.5 Å². The van der Waals surface area contributed by atoms with Crippen molar-refractivity contribution in [2.24, 2.45) is 0 Å². The van der Waals surface area contributed by atoms with E-state index in [2.05, 4.69) is 9.72 Å². The normalized spacial score (nSPS) is 27.0. The molecule has 0 saturated heterocycles. The van der Waals surface area contributed by atoms with Crippen LogP contribution >= 0.6 is 0 Å². The van der Waals surface area contributed by atoms with E-state index in [-0.39, 0.29) is 10.5 Å². The summed E-state index contributed by atoms with van der Waals surface area (Å²) in [6.07, 6.45) is -7.16. The quantitative estimate of drug-likeness (QED) is 0.875. The molecule has 1 N–H and O–H groups in total. The minimum Gasteiger partial charge on any atom is -0.387 e. The lowest BCUT2D eigenvalue weighted by molar-refractivity contribution is -0.217. The topological polar surface area (TPSA) is 76.5 Å².